The van der Waals surface area contributed by atoms with Gasteiger partial charge in [0.15, 0.2) is 0 Å². The predicted molar refractivity (Wildman–Crippen MR) is 101 cm³/mol. The van der Waals surface area contributed by atoms with Gasteiger partial charge in [-0.1, -0.05) is 11.6 Å². The second-order valence-electron chi connectivity index (χ2n) is 6.13. The molecule has 0 saturated carbocycles. The Bertz CT molecular complexity index is 830. The fourth-order valence-corrected chi connectivity index (χ4v) is 3.85. The van der Waals surface area contributed by atoms with Gasteiger partial charge in [0, 0.05) is 25.2 Å². The minimum absolute atomic E-state index is 0.137. The van der Waals surface area contributed by atoms with Gasteiger partial charge in [0.25, 0.3) is 0 Å². The summed E-state index contributed by atoms with van der Waals surface area (Å²) >= 11 is 6.17. The Labute approximate surface area is 163 Å². The third-order valence-corrected chi connectivity index (χ3v) is 5.10. The van der Waals surface area contributed by atoms with Crippen molar-refractivity contribution < 1.29 is 27.5 Å². The fraction of sp³-hybridized carbons (Fsp3) is 0.500. The Hall–Kier alpha value is -2.04. The van der Waals surface area contributed by atoms with Gasteiger partial charge in [0.1, 0.15) is 11.3 Å². The number of carbonyl (C=O) groups excluding carboxylic acids is 2. The van der Waals surface area contributed by atoms with Crippen molar-refractivity contribution in [2.45, 2.75) is 18.9 Å². The zero-order chi connectivity index (χ0) is 20.2. The highest BCUT2D eigenvalue weighted by molar-refractivity contribution is 7.88. The lowest BCUT2D eigenvalue weighted by molar-refractivity contribution is 0.0597. The summed E-state index contributed by atoms with van der Waals surface area (Å²) in [5, 5.41) is 2.81. The van der Waals surface area contributed by atoms with Gasteiger partial charge < -0.3 is 19.7 Å². The first-order valence-corrected chi connectivity index (χ1v) is 10.4. The summed E-state index contributed by atoms with van der Waals surface area (Å²) < 4.78 is 35.1. The summed E-state index contributed by atoms with van der Waals surface area (Å²) in [5.41, 5.74) is 0.405. The summed E-state index contributed by atoms with van der Waals surface area (Å²) in [5.74, 6) is -0.408. The molecule has 0 radical (unpaired) electrons. The van der Waals surface area contributed by atoms with Crippen LogP contribution in [-0.4, -0.2) is 64.9 Å². The number of piperidine rings is 1. The topological polar surface area (TPSA) is 114 Å². The van der Waals surface area contributed by atoms with E-state index in [4.69, 9.17) is 16.3 Å². The van der Waals surface area contributed by atoms with Crippen molar-refractivity contribution in [3.63, 3.8) is 0 Å². The van der Waals surface area contributed by atoms with Crippen LogP contribution in [0.4, 0.5) is 10.5 Å². The number of ether oxygens (including phenoxy) is 2. The minimum atomic E-state index is -3.35. The van der Waals surface area contributed by atoms with Gasteiger partial charge in [-0.15, -0.1) is 0 Å². The molecular formula is C16H22ClN3O6S. The van der Waals surface area contributed by atoms with E-state index >= 15 is 0 Å². The molecule has 1 aromatic carbocycles. The van der Waals surface area contributed by atoms with Crippen LogP contribution in [0.5, 0.6) is 5.75 Å². The Morgan fingerprint density at radius 1 is 1.30 bits per heavy atom. The van der Waals surface area contributed by atoms with Gasteiger partial charge in [-0.3, -0.25) is 0 Å². The number of halogens is 1. The van der Waals surface area contributed by atoms with Gasteiger partial charge in [-0.2, -0.15) is 0 Å². The number of methoxy groups -OCH3 is 2. The van der Waals surface area contributed by atoms with Crippen LogP contribution in [0.15, 0.2) is 12.1 Å². The molecule has 2 N–H and O–H groups in total. The molecule has 1 heterocycles. The average molecular weight is 420 g/mol. The third kappa shape index (κ3) is 5.72. The van der Waals surface area contributed by atoms with Crippen molar-refractivity contribution in [3.05, 3.63) is 22.7 Å². The van der Waals surface area contributed by atoms with Crippen LogP contribution in [0.3, 0.4) is 0 Å². The number of esters is 1. The Morgan fingerprint density at radius 2 is 2.00 bits per heavy atom. The van der Waals surface area contributed by atoms with Gasteiger partial charge in [-0.05, 0) is 18.9 Å². The Morgan fingerprint density at radius 3 is 2.59 bits per heavy atom. The molecule has 11 heteroatoms. The molecule has 0 spiro atoms. The molecule has 9 nitrogen and oxygen atoms in total. The third-order valence-electron chi connectivity index (χ3n) is 4.03. The van der Waals surface area contributed by atoms with Crippen LogP contribution in [0.1, 0.15) is 23.2 Å². The smallest absolute Gasteiger partial charge is 0.341 e. The average Bonchev–Trinajstić information content (AvgIpc) is 2.61. The quantitative estimate of drug-likeness (QED) is 0.702. The summed E-state index contributed by atoms with van der Waals surface area (Å²) in [7, 11) is -0.732. The maximum atomic E-state index is 12.6. The summed E-state index contributed by atoms with van der Waals surface area (Å²) in [6.45, 7) is 0.733. The van der Waals surface area contributed by atoms with E-state index in [0.29, 0.717) is 19.4 Å². The van der Waals surface area contributed by atoms with Crippen molar-refractivity contribution in [1.82, 2.24) is 9.62 Å². The number of rotatable bonds is 5. The molecule has 2 rings (SSSR count). The zero-order valence-electron chi connectivity index (χ0n) is 15.2. The van der Waals surface area contributed by atoms with Crippen molar-refractivity contribution >= 4 is 39.3 Å². The van der Waals surface area contributed by atoms with E-state index in [1.807, 2.05) is 0 Å². The van der Waals surface area contributed by atoms with Crippen LogP contribution in [0.25, 0.3) is 0 Å². The molecule has 0 unspecified atom stereocenters. The second kappa shape index (κ2) is 8.77. The molecule has 27 heavy (non-hydrogen) atoms. The molecule has 1 saturated heterocycles. The number of amides is 2. The lowest BCUT2D eigenvalue weighted by atomic mass is 10.1. The normalized spacial score (nSPS) is 17.3. The first-order valence-electron chi connectivity index (χ1n) is 8.13. The number of benzene rings is 1. The Balaban J connectivity index is 2.14. The molecule has 150 valence electrons. The van der Waals surface area contributed by atoms with Crippen LogP contribution < -0.4 is 14.8 Å². The zero-order valence-corrected chi connectivity index (χ0v) is 16.8. The molecule has 1 aromatic rings. The number of sulfonamides is 1. The SMILES string of the molecule is COC(=O)c1cc(Cl)c(NC(=O)N2CCC[C@H](NS(C)(=O)=O)C2)cc1OC. The van der Waals surface area contributed by atoms with Crippen LogP contribution in [-0.2, 0) is 14.8 Å². The predicted octanol–water partition coefficient (Wildman–Crippen LogP) is 1.68. The molecule has 1 atom stereocenters. The van der Waals surface area contributed by atoms with Gasteiger partial charge in [-0.25, -0.2) is 22.7 Å². The van der Waals surface area contributed by atoms with E-state index in [2.05, 4.69) is 14.8 Å². The first-order chi connectivity index (χ1) is 12.6. The number of carbonyl (C=O) groups is 2. The van der Waals surface area contributed by atoms with Crippen molar-refractivity contribution in [2.24, 2.45) is 0 Å². The number of nitrogens with one attached hydrogen (secondary N) is 2. The molecule has 1 aliphatic rings. The number of urea groups is 1. The molecular weight excluding hydrogens is 398 g/mol. The lowest BCUT2D eigenvalue weighted by Crippen LogP contribution is -2.50. The standard InChI is InChI=1S/C16H22ClN3O6S/c1-25-14-8-13(12(17)7-11(14)15(21)26-2)18-16(22)20-6-4-5-10(9-20)19-27(3,23)24/h7-8,10,19H,4-6,9H2,1-3H3,(H,18,22)/t10-/m0/s1. The highest BCUT2D eigenvalue weighted by atomic mass is 35.5. The van der Waals surface area contributed by atoms with Crippen LogP contribution in [0, 0.1) is 0 Å². The molecule has 2 amide bonds. The van der Waals surface area contributed by atoms with E-state index in [1.54, 1.807) is 0 Å². The van der Waals surface area contributed by atoms with E-state index < -0.39 is 22.0 Å². The lowest BCUT2D eigenvalue weighted by Gasteiger charge is -2.32. The monoisotopic (exact) mass is 419 g/mol. The van der Waals surface area contributed by atoms with E-state index in [-0.39, 0.29) is 34.6 Å². The second-order valence-corrected chi connectivity index (χ2v) is 8.32. The van der Waals surface area contributed by atoms with Crippen molar-refractivity contribution in [1.29, 1.82) is 0 Å². The highest BCUT2D eigenvalue weighted by Crippen LogP contribution is 2.31. The largest absolute Gasteiger partial charge is 0.496 e. The van der Waals surface area contributed by atoms with Crippen molar-refractivity contribution in [3.8, 4) is 5.75 Å². The van der Waals surface area contributed by atoms with E-state index in [0.717, 1.165) is 6.26 Å². The van der Waals surface area contributed by atoms with Crippen molar-refractivity contribution in [2.75, 3.05) is 38.9 Å². The number of likely N-dealkylation sites (tertiary alicyclic amines) is 1. The van der Waals surface area contributed by atoms with Gasteiger partial charge in [0.2, 0.25) is 10.0 Å². The number of anilines is 1. The van der Waals surface area contributed by atoms with Gasteiger partial charge in [0.05, 0.1) is 31.2 Å². The van der Waals surface area contributed by atoms with Gasteiger partial charge >= 0.3 is 12.0 Å². The fourth-order valence-electron chi connectivity index (χ4n) is 2.84. The van der Waals surface area contributed by atoms with Crippen LogP contribution in [0.2, 0.25) is 5.02 Å². The van der Waals surface area contributed by atoms with Crippen LogP contribution >= 0.6 is 11.6 Å². The molecule has 1 fully saturated rings. The maximum Gasteiger partial charge on any atom is 0.341 e. The highest BCUT2D eigenvalue weighted by Gasteiger charge is 2.26. The summed E-state index contributed by atoms with van der Waals surface area (Å²) in [6.07, 6.45) is 2.40. The molecule has 1 aliphatic heterocycles. The molecule has 0 aliphatic carbocycles. The van der Waals surface area contributed by atoms with E-state index in [9.17, 15) is 18.0 Å². The number of hydrogen-bond acceptors (Lipinski definition) is 6. The summed E-state index contributed by atoms with van der Waals surface area (Å²) in [4.78, 5) is 25.8. The molecule has 0 aromatic heterocycles. The molecule has 0 bridgehead atoms. The van der Waals surface area contributed by atoms with E-state index in [1.165, 1.54) is 31.3 Å². The maximum absolute atomic E-state index is 12.6. The Kier molecular flexibility index (Phi) is 6.90. The number of hydrogen-bond donors (Lipinski definition) is 2. The first kappa shape index (κ1) is 21.3. The summed E-state index contributed by atoms with van der Waals surface area (Å²) in [6, 6.07) is 2.02. The minimum Gasteiger partial charge on any atom is -0.496 e. The number of nitrogens with zero attached hydrogens (tertiary/aromatic N) is 1.